The molecule has 1 heterocycles. The molecule has 0 aliphatic carbocycles. The number of hydrogen-bond donors (Lipinski definition) is 2. The number of nitrogens with one attached hydrogen (secondary N) is 1. The summed E-state index contributed by atoms with van der Waals surface area (Å²) in [5, 5.41) is 10.4. The van der Waals surface area contributed by atoms with Gasteiger partial charge in [-0.2, -0.15) is 0 Å². The van der Waals surface area contributed by atoms with Crippen molar-refractivity contribution in [3.05, 3.63) is 34.4 Å². The Kier molecular flexibility index (Phi) is 3.12. The third-order valence-electron chi connectivity index (χ3n) is 2.47. The van der Waals surface area contributed by atoms with E-state index < -0.39 is 0 Å². The molecule has 0 saturated carbocycles. The highest BCUT2D eigenvalue weighted by Gasteiger charge is 2.02. The molecule has 0 spiro atoms. The molecule has 0 fully saturated rings. The lowest BCUT2D eigenvalue weighted by Gasteiger charge is -2.00. The van der Waals surface area contributed by atoms with Crippen LogP contribution in [0, 0.1) is 0 Å². The molecule has 2 rings (SSSR count). The summed E-state index contributed by atoms with van der Waals surface area (Å²) < 4.78 is 1.09. The van der Waals surface area contributed by atoms with Crippen molar-refractivity contribution in [1.29, 1.82) is 0 Å². The molecule has 2 N–H and O–H groups in total. The van der Waals surface area contributed by atoms with Crippen molar-refractivity contribution in [2.45, 2.75) is 25.9 Å². The molecule has 0 bridgehead atoms. The maximum Gasteiger partial charge on any atom is 0.0515 e. The van der Waals surface area contributed by atoms with Crippen molar-refractivity contribution in [3.8, 4) is 0 Å². The number of halogens is 1. The van der Waals surface area contributed by atoms with Gasteiger partial charge in [0.15, 0.2) is 0 Å². The highest BCUT2D eigenvalue weighted by atomic mass is 79.9. The zero-order valence-electron chi connectivity index (χ0n) is 8.63. The lowest BCUT2D eigenvalue weighted by Crippen LogP contribution is -2.01. The standard InChI is InChI=1S/C12H14BrNO/c1-8(15)2-4-11-7-9-6-10(13)3-5-12(9)14-11/h3,5-8,14-15H,2,4H2,1H3/t8-/m0/s1. The Balaban J connectivity index is 2.23. The highest BCUT2D eigenvalue weighted by Crippen LogP contribution is 2.21. The topological polar surface area (TPSA) is 36.0 Å². The second-order valence-corrected chi connectivity index (χ2v) is 4.83. The third kappa shape index (κ3) is 2.61. The van der Waals surface area contributed by atoms with Crippen molar-refractivity contribution >= 4 is 26.8 Å². The average Bonchev–Trinajstić information content (AvgIpc) is 2.56. The number of aliphatic hydroxyl groups excluding tert-OH is 1. The van der Waals surface area contributed by atoms with Crippen LogP contribution < -0.4 is 0 Å². The molecule has 0 radical (unpaired) electrons. The molecule has 1 aromatic heterocycles. The van der Waals surface area contributed by atoms with Crippen LogP contribution in [0.5, 0.6) is 0 Å². The third-order valence-corrected chi connectivity index (χ3v) is 2.96. The molecule has 3 heteroatoms. The molecule has 0 aliphatic rings. The van der Waals surface area contributed by atoms with Gasteiger partial charge in [-0.1, -0.05) is 15.9 Å². The van der Waals surface area contributed by atoms with Crippen molar-refractivity contribution < 1.29 is 5.11 Å². The molecule has 0 saturated heterocycles. The first-order valence-electron chi connectivity index (χ1n) is 5.10. The molecule has 0 amide bonds. The predicted octanol–water partition coefficient (Wildman–Crippen LogP) is 3.24. The van der Waals surface area contributed by atoms with Gasteiger partial charge in [0.2, 0.25) is 0 Å². The van der Waals surface area contributed by atoms with E-state index in [2.05, 4.69) is 39.1 Å². The lowest BCUT2D eigenvalue weighted by molar-refractivity contribution is 0.184. The van der Waals surface area contributed by atoms with Crippen LogP contribution in [0.3, 0.4) is 0 Å². The number of aryl methyl sites for hydroxylation is 1. The Morgan fingerprint density at radius 3 is 2.93 bits per heavy atom. The first-order valence-corrected chi connectivity index (χ1v) is 5.89. The first-order chi connectivity index (χ1) is 7.15. The molecule has 80 valence electrons. The maximum atomic E-state index is 9.21. The summed E-state index contributed by atoms with van der Waals surface area (Å²) in [4.78, 5) is 3.35. The lowest BCUT2D eigenvalue weighted by atomic mass is 10.1. The number of fused-ring (bicyclic) bond motifs is 1. The van der Waals surface area contributed by atoms with Gasteiger partial charge in [0.1, 0.15) is 0 Å². The maximum absolute atomic E-state index is 9.21. The van der Waals surface area contributed by atoms with Crippen LogP contribution in [-0.4, -0.2) is 16.2 Å². The number of aromatic amines is 1. The quantitative estimate of drug-likeness (QED) is 0.880. The number of hydrogen-bond acceptors (Lipinski definition) is 1. The van der Waals surface area contributed by atoms with E-state index in [0.29, 0.717) is 0 Å². The Bertz CT molecular complexity index is 462. The van der Waals surface area contributed by atoms with Crippen molar-refractivity contribution in [2.24, 2.45) is 0 Å². The second kappa shape index (κ2) is 4.37. The molecular formula is C12H14BrNO. The van der Waals surface area contributed by atoms with Crippen LogP contribution in [-0.2, 0) is 6.42 Å². The van der Waals surface area contributed by atoms with Crippen LogP contribution in [0.4, 0.5) is 0 Å². The predicted molar refractivity (Wildman–Crippen MR) is 66.0 cm³/mol. The van der Waals surface area contributed by atoms with Gasteiger partial charge < -0.3 is 10.1 Å². The van der Waals surface area contributed by atoms with Gasteiger partial charge in [-0.3, -0.25) is 0 Å². The van der Waals surface area contributed by atoms with E-state index in [1.54, 1.807) is 0 Å². The molecule has 1 atom stereocenters. The van der Waals surface area contributed by atoms with Gasteiger partial charge in [-0.25, -0.2) is 0 Å². The fourth-order valence-corrected chi connectivity index (χ4v) is 2.04. The summed E-state index contributed by atoms with van der Waals surface area (Å²) >= 11 is 3.45. The summed E-state index contributed by atoms with van der Waals surface area (Å²) in [6.07, 6.45) is 1.46. The summed E-state index contributed by atoms with van der Waals surface area (Å²) in [6, 6.07) is 8.32. The van der Waals surface area contributed by atoms with Crippen molar-refractivity contribution in [3.63, 3.8) is 0 Å². The zero-order valence-corrected chi connectivity index (χ0v) is 10.2. The molecule has 0 unspecified atom stereocenters. The number of aliphatic hydroxyl groups is 1. The minimum Gasteiger partial charge on any atom is -0.393 e. The summed E-state index contributed by atoms with van der Waals surface area (Å²) in [5.74, 6) is 0. The van der Waals surface area contributed by atoms with Gasteiger partial charge in [0, 0.05) is 21.1 Å². The zero-order chi connectivity index (χ0) is 10.8. The molecule has 1 aromatic carbocycles. The van der Waals surface area contributed by atoms with E-state index in [-0.39, 0.29) is 6.10 Å². The first kappa shape index (κ1) is 10.7. The fraction of sp³-hybridized carbons (Fsp3) is 0.333. The SMILES string of the molecule is C[C@H](O)CCc1cc2cc(Br)ccc2[nH]1. The average molecular weight is 268 g/mol. The Morgan fingerprint density at radius 1 is 1.40 bits per heavy atom. The van der Waals surface area contributed by atoms with E-state index in [0.717, 1.165) is 22.8 Å². The molecular weight excluding hydrogens is 254 g/mol. The number of benzene rings is 1. The van der Waals surface area contributed by atoms with Gasteiger partial charge in [0.25, 0.3) is 0 Å². The van der Waals surface area contributed by atoms with Crippen LogP contribution in [0.15, 0.2) is 28.7 Å². The Hall–Kier alpha value is -0.800. The van der Waals surface area contributed by atoms with Crippen LogP contribution >= 0.6 is 15.9 Å². The minimum absolute atomic E-state index is 0.233. The Labute approximate surface area is 97.4 Å². The van der Waals surface area contributed by atoms with Crippen LogP contribution in [0.25, 0.3) is 10.9 Å². The summed E-state index contributed by atoms with van der Waals surface area (Å²) in [6.45, 7) is 1.82. The smallest absolute Gasteiger partial charge is 0.0515 e. The van der Waals surface area contributed by atoms with Gasteiger partial charge in [-0.15, -0.1) is 0 Å². The largest absolute Gasteiger partial charge is 0.393 e. The number of rotatable bonds is 3. The molecule has 2 aromatic rings. The minimum atomic E-state index is -0.233. The van der Waals surface area contributed by atoms with Crippen molar-refractivity contribution in [1.82, 2.24) is 4.98 Å². The van der Waals surface area contributed by atoms with E-state index in [1.165, 1.54) is 11.1 Å². The van der Waals surface area contributed by atoms with Gasteiger partial charge in [0.05, 0.1) is 6.10 Å². The summed E-state index contributed by atoms with van der Waals surface area (Å²) in [7, 11) is 0. The second-order valence-electron chi connectivity index (χ2n) is 3.91. The van der Waals surface area contributed by atoms with Gasteiger partial charge in [-0.05, 0) is 44.0 Å². The van der Waals surface area contributed by atoms with Gasteiger partial charge >= 0.3 is 0 Å². The Morgan fingerprint density at radius 2 is 2.20 bits per heavy atom. The number of H-pyrrole nitrogens is 1. The normalized spacial score (nSPS) is 13.3. The van der Waals surface area contributed by atoms with E-state index in [1.807, 2.05) is 13.0 Å². The van der Waals surface area contributed by atoms with Crippen LogP contribution in [0.2, 0.25) is 0 Å². The van der Waals surface area contributed by atoms with E-state index >= 15 is 0 Å². The molecule has 15 heavy (non-hydrogen) atoms. The summed E-state index contributed by atoms with van der Waals surface area (Å²) in [5.41, 5.74) is 2.34. The number of aromatic nitrogens is 1. The van der Waals surface area contributed by atoms with Crippen molar-refractivity contribution in [2.75, 3.05) is 0 Å². The molecule has 2 nitrogen and oxygen atoms in total. The van der Waals surface area contributed by atoms with Crippen LogP contribution in [0.1, 0.15) is 19.0 Å². The van der Waals surface area contributed by atoms with E-state index in [4.69, 9.17) is 0 Å². The monoisotopic (exact) mass is 267 g/mol. The molecule has 0 aliphatic heterocycles. The fourth-order valence-electron chi connectivity index (χ4n) is 1.66. The van der Waals surface area contributed by atoms with E-state index in [9.17, 15) is 5.11 Å². The highest BCUT2D eigenvalue weighted by molar-refractivity contribution is 9.10.